The molecule has 0 amide bonds. The summed E-state index contributed by atoms with van der Waals surface area (Å²) in [7, 11) is 0. The summed E-state index contributed by atoms with van der Waals surface area (Å²) in [4.78, 5) is 13.0. The molecule has 170 valence electrons. The first-order valence-corrected chi connectivity index (χ1v) is 10.6. The van der Waals surface area contributed by atoms with Crippen molar-refractivity contribution in [2.24, 2.45) is 0 Å². The second kappa shape index (κ2) is 9.26. The molecule has 0 aliphatic carbocycles. The smallest absolute Gasteiger partial charge is 0.238 e. The van der Waals surface area contributed by atoms with Crippen LogP contribution in [0.15, 0.2) is 69.9 Å². The van der Waals surface area contributed by atoms with E-state index in [0.717, 1.165) is 5.56 Å². The minimum Gasteiger partial charge on any atom is -0.508 e. The van der Waals surface area contributed by atoms with E-state index in [9.17, 15) is 25.2 Å². The minimum absolute atomic E-state index is 0.00331. The molecule has 0 fully saturated rings. The number of phenols is 2. The molecule has 0 radical (unpaired) electrons. The molecule has 33 heavy (non-hydrogen) atoms. The quantitative estimate of drug-likeness (QED) is 0.332. The molecule has 1 atom stereocenters. The highest BCUT2D eigenvalue weighted by molar-refractivity contribution is 5.88. The van der Waals surface area contributed by atoms with Gasteiger partial charge in [0, 0.05) is 24.1 Å². The van der Waals surface area contributed by atoms with Crippen molar-refractivity contribution in [3.05, 3.63) is 82.0 Å². The van der Waals surface area contributed by atoms with Gasteiger partial charge in [-0.25, -0.2) is 0 Å². The molecule has 3 aromatic carbocycles. The van der Waals surface area contributed by atoms with Gasteiger partial charge in [0.05, 0.1) is 6.10 Å². The summed E-state index contributed by atoms with van der Waals surface area (Å²) in [6.07, 6.45) is 0.146. The summed E-state index contributed by atoms with van der Waals surface area (Å²) >= 11 is 0. The average molecular weight is 448 g/mol. The minimum atomic E-state index is -0.748. The van der Waals surface area contributed by atoms with Crippen LogP contribution in [0.4, 0.5) is 0 Å². The number of phenolic OH excluding ortho intramolecular Hbond substituents is 2. The molecule has 0 saturated heterocycles. The highest BCUT2D eigenvalue weighted by Crippen LogP contribution is 2.37. The van der Waals surface area contributed by atoms with Gasteiger partial charge in [-0.15, -0.1) is 0 Å². The van der Waals surface area contributed by atoms with Crippen LogP contribution in [0.3, 0.4) is 0 Å². The highest BCUT2D eigenvalue weighted by Gasteiger charge is 2.21. The molecule has 7 nitrogen and oxygen atoms in total. The van der Waals surface area contributed by atoms with Crippen molar-refractivity contribution in [2.45, 2.75) is 25.9 Å². The molecule has 0 bridgehead atoms. The van der Waals surface area contributed by atoms with E-state index in [4.69, 9.17) is 9.15 Å². The number of benzene rings is 3. The molecule has 0 spiro atoms. The third-order valence-electron chi connectivity index (χ3n) is 5.40. The number of aliphatic hydroxyl groups is 1. The van der Waals surface area contributed by atoms with E-state index in [2.05, 4.69) is 0 Å². The predicted molar refractivity (Wildman–Crippen MR) is 124 cm³/mol. The van der Waals surface area contributed by atoms with Crippen molar-refractivity contribution in [1.82, 2.24) is 0 Å². The molecular weight excluding hydrogens is 424 g/mol. The first-order valence-electron chi connectivity index (χ1n) is 10.6. The fraction of sp³-hybridized carbons (Fsp3) is 0.192. The number of rotatable bonds is 7. The molecule has 4 N–H and O–H groups in total. The van der Waals surface area contributed by atoms with Gasteiger partial charge in [0.1, 0.15) is 34.8 Å². The third-order valence-corrected chi connectivity index (χ3v) is 5.40. The SMILES string of the molecule is CCC(O)COc1cc(O)cc2oc(-c3ccc(O)c(Cc4ccccc4)c3)c(O)c(=O)c12. The zero-order valence-electron chi connectivity index (χ0n) is 18.0. The lowest BCUT2D eigenvalue weighted by Crippen LogP contribution is -2.17. The summed E-state index contributed by atoms with van der Waals surface area (Å²) in [5, 5.41) is 40.8. The summed E-state index contributed by atoms with van der Waals surface area (Å²) in [6.45, 7) is 1.70. The maximum absolute atomic E-state index is 13.0. The third kappa shape index (κ3) is 4.63. The van der Waals surface area contributed by atoms with Crippen molar-refractivity contribution < 1.29 is 29.6 Å². The van der Waals surface area contributed by atoms with Crippen molar-refractivity contribution in [3.63, 3.8) is 0 Å². The average Bonchev–Trinajstić information content (AvgIpc) is 2.81. The van der Waals surface area contributed by atoms with Gasteiger partial charge in [-0.1, -0.05) is 37.3 Å². The van der Waals surface area contributed by atoms with Crippen molar-refractivity contribution in [2.75, 3.05) is 6.61 Å². The van der Waals surface area contributed by atoms with E-state index >= 15 is 0 Å². The second-order valence-electron chi connectivity index (χ2n) is 7.80. The Balaban J connectivity index is 1.80. The molecule has 0 saturated carbocycles. The highest BCUT2D eigenvalue weighted by atomic mass is 16.5. The zero-order chi connectivity index (χ0) is 23.5. The van der Waals surface area contributed by atoms with Crippen LogP contribution in [-0.4, -0.2) is 33.1 Å². The van der Waals surface area contributed by atoms with Crippen LogP contribution >= 0.6 is 0 Å². The Bertz CT molecular complexity index is 1340. The number of ether oxygens (including phenoxy) is 1. The van der Waals surface area contributed by atoms with Gasteiger partial charge in [-0.2, -0.15) is 0 Å². The van der Waals surface area contributed by atoms with Gasteiger partial charge in [0.25, 0.3) is 0 Å². The molecule has 0 aliphatic rings. The molecule has 4 aromatic rings. The Hall–Kier alpha value is -3.97. The van der Waals surface area contributed by atoms with Gasteiger partial charge < -0.3 is 29.6 Å². The number of hydrogen-bond acceptors (Lipinski definition) is 7. The number of aromatic hydroxyl groups is 3. The molecule has 1 unspecified atom stereocenters. The first-order chi connectivity index (χ1) is 15.9. The lowest BCUT2D eigenvalue weighted by molar-refractivity contribution is 0.105. The summed E-state index contributed by atoms with van der Waals surface area (Å²) in [6, 6.07) is 16.7. The van der Waals surface area contributed by atoms with Gasteiger partial charge in [-0.3, -0.25) is 4.79 Å². The predicted octanol–water partition coefficient (Wildman–Crippen LogP) is 4.32. The molecule has 0 aliphatic heterocycles. The molecule has 4 rings (SSSR count). The van der Waals surface area contributed by atoms with Crippen LogP contribution in [0.2, 0.25) is 0 Å². The van der Waals surface area contributed by atoms with Crippen LogP contribution in [-0.2, 0) is 6.42 Å². The maximum Gasteiger partial charge on any atom is 0.238 e. The van der Waals surface area contributed by atoms with Gasteiger partial charge >= 0.3 is 0 Å². The lowest BCUT2D eigenvalue weighted by atomic mass is 10.00. The number of hydrogen-bond donors (Lipinski definition) is 4. The van der Waals surface area contributed by atoms with Crippen molar-refractivity contribution >= 4 is 11.0 Å². The normalized spacial score (nSPS) is 12.1. The second-order valence-corrected chi connectivity index (χ2v) is 7.80. The Labute approximate surface area is 189 Å². The van der Waals surface area contributed by atoms with E-state index < -0.39 is 17.3 Å². The lowest BCUT2D eigenvalue weighted by Gasteiger charge is -2.14. The van der Waals surface area contributed by atoms with E-state index in [0.29, 0.717) is 24.0 Å². The first kappa shape index (κ1) is 22.2. The topological polar surface area (TPSA) is 120 Å². The van der Waals surface area contributed by atoms with E-state index in [1.807, 2.05) is 30.3 Å². The fourth-order valence-electron chi connectivity index (χ4n) is 3.56. The Kier molecular flexibility index (Phi) is 6.24. The van der Waals surface area contributed by atoms with E-state index in [1.165, 1.54) is 24.3 Å². The van der Waals surface area contributed by atoms with Gasteiger partial charge in [0.15, 0.2) is 5.76 Å². The number of aliphatic hydroxyl groups excluding tert-OH is 1. The molecule has 1 heterocycles. The van der Waals surface area contributed by atoms with Crippen LogP contribution < -0.4 is 10.2 Å². The molecule has 1 aromatic heterocycles. The van der Waals surface area contributed by atoms with Crippen LogP contribution in [0, 0.1) is 0 Å². The molecular formula is C26H24O7. The molecule has 7 heteroatoms. The monoisotopic (exact) mass is 448 g/mol. The van der Waals surface area contributed by atoms with Gasteiger partial charge in [0.2, 0.25) is 11.2 Å². The Morgan fingerprint density at radius 1 is 1.00 bits per heavy atom. The van der Waals surface area contributed by atoms with Crippen LogP contribution in [0.25, 0.3) is 22.3 Å². The Morgan fingerprint density at radius 3 is 2.48 bits per heavy atom. The summed E-state index contributed by atoms with van der Waals surface area (Å²) < 4.78 is 11.3. The standard InChI is InChI=1S/C26H24O7/c1-2-18(27)14-32-21-12-19(28)13-22-23(21)24(30)25(31)26(33-22)16-8-9-20(29)17(11-16)10-15-6-4-3-5-7-15/h3-9,11-13,18,27-29,31H,2,10,14H2,1H3. The fourth-order valence-corrected chi connectivity index (χ4v) is 3.56. The number of fused-ring (bicyclic) bond motifs is 1. The van der Waals surface area contributed by atoms with E-state index in [1.54, 1.807) is 13.0 Å². The zero-order valence-corrected chi connectivity index (χ0v) is 18.0. The van der Waals surface area contributed by atoms with Crippen LogP contribution in [0.1, 0.15) is 24.5 Å². The Morgan fingerprint density at radius 2 is 1.76 bits per heavy atom. The summed E-state index contributed by atoms with van der Waals surface area (Å²) in [5.41, 5.74) is 1.25. The van der Waals surface area contributed by atoms with Crippen LogP contribution in [0.5, 0.6) is 23.0 Å². The van der Waals surface area contributed by atoms with Gasteiger partial charge in [-0.05, 0) is 35.7 Å². The van der Waals surface area contributed by atoms with Crippen molar-refractivity contribution in [1.29, 1.82) is 0 Å². The van der Waals surface area contributed by atoms with E-state index in [-0.39, 0.29) is 40.6 Å². The largest absolute Gasteiger partial charge is 0.508 e. The van der Waals surface area contributed by atoms with Crippen molar-refractivity contribution in [3.8, 4) is 34.3 Å². The summed E-state index contributed by atoms with van der Waals surface area (Å²) in [5.74, 6) is -0.826. The maximum atomic E-state index is 13.0.